The summed E-state index contributed by atoms with van der Waals surface area (Å²) in [6.45, 7) is 2.10. The van der Waals surface area contributed by atoms with Gasteiger partial charge in [0.25, 0.3) is 0 Å². The van der Waals surface area contributed by atoms with Crippen molar-refractivity contribution in [1.29, 1.82) is 0 Å². The zero-order valence-corrected chi connectivity index (χ0v) is 13.9. The number of aliphatic hydroxyl groups is 1. The van der Waals surface area contributed by atoms with E-state index in [1.165, 1.54) is 0 Å². The summed E-state index contributed by atoms with van der Waals surface area (Å²) in [5, 5.41) is 15.7. The fourth-order valence-corrected chi connectivity index (χ4v) is 3.42. The molecule has 0 bridgehead atoms. The van der Waals surface area contributed by atoms with Crippen LogP contribution in [-0.4, -0.2) is 23.8 Å². The first-order chi connectivity index (χ1) is 11.6. The molecule has 0 spiro atoms. The smallest absolute Gasteiger partial charge is 0.315 e. The van der Waals surface area contributed by atoms with Gasteiger partial charge >= 0.3 is 6.03 Å². The second-order valence-electron chi connectivity index (χ2n) is 6.73. The Morgan fingerprint density at radius 2 is 2.12 bits per heavy atom. The summed E-state index contributed by atoms with van der Waals surface area (Å²) in [4.78, 5) is 12.5. The summed E-state index contributed by atoms with van der Waals surface area (Å²) in [7, 11) is 0. The Kier molecular flexibility index (Phi) is 4.90. The minimum atomic E-state index is -0.344. The molecule has 1 aliphatic rings. The number of urea groups is 1. The first-order valence-corrected chi connectivity index (χ1v) is 8.38. The molecule has 1 heterocycles. The van der Waals surface area contributed by atoms with Crippen LogP contribution in [0.5, 0.6) is 0 Å². The first-order valence-electron chi connectivity index (χ1n) is 8.38. The van der Waals surface area contributed by atoms with Crippen LogP contribution in [0, 0.1) is 5.41 Å². The number of amides is 2. The number of hydrogen-bond acceptors (Lipinski definition) is 3. The van der Waals surface area contributed by atoms with Crippen molar-refractivity contribution in [2.45, 2.75) is 38.3 Å². The van der Waals surface area contributed by atoms with Crippen molar-refractivity contribution < 1.29 is 14.3 Å². The monoisotopic (exact) mass is 328 g/mol. The molecule has 1 aliphatic carbocycles. The highest BCUT2D eigenvalue weighted by Gasteiger charge is 2.39. The minimum Gasteiger partial charge on any atom is -0.467 e. The summed E-state index contributed by atoms with van der Waals surface area (Å²) in [5.41, 5.74) is 0.712. The van der Waals surface area contributed by atoms with Crippen molar-refractivity contribution in [3.05, 3.63) is 60.1 Å². The molecular weight excluding hydrogens is 304 g/mol. The standard InChI is InChI=1S/C19H24N2O3/c1-19(13-22)11-5-10-16(19)20-18(23)21-17(15-9-6-12-24-15)14-7-3-2-4-8-14/h2-4,6-9,12,16-17,22H,5,10-11,13H2,1H3,(H2,20,21,23). The maximum atomic E-state index is 12.5. The number of aliphatic hydroxyl groups excluding tert-OH is 1. The molecule has 0 radical (unpaired) electrons. The number of benzene rings is 1. The first kappa shape index (κ1) is 16.6. The van der Waals surface area contributed by atoms with Gasteiger partial charge < -0.3 is 20.2 Å². The zero-order valence-electron chi connectivity index (χ0n) is 13.9. The van der Waals surface area contributed by atoms with Gasteiger partial charge in [0, 0.05) is 11.5 Å². The largest absolute Gasteiger partial charge is 0.467 e. The summed E-state index contributed by atoms with van der Waals surface area (Å²) in [6, 6.07) is 12.8. The lowest BCUT2D eigenvalue weighted by molar-refractivity contribution is 0.120. The van der Waals surface area contributed by atoms with E-state index in [1.54, 1.807) is 6.26 Å². The van der Waals surface area contributed by atoms with Gasteiger partial charge in [-0.1, -0.05) is 43.7 Å². The van der Waals surface area contributed by atoms with Gasteiger partial charge in [0.1, 0.15) is 11.8 Å². The molecule has 5 nitrogen and oxygen atoms in total. The quantitative estimate of drug-likeness (QED) is 0.789. The number of furan rings is 1. The van der Waals surface area contributed by atoms with E-state index in [9.17, 15) is 9.90 Å². The summed E-state index contributed by atoms with van der Waals surface area (Å²) in [5.74, 6) is 0.688. The van der Waals surface area contributed by atoms with Crippen LogP contribution in [0.4, 0.5) is 4.79 Å². The molecule has 2 aromatic rings. The van der Waals surface area contributed by atoms with Gasteiger partial charge in [-0.05, 0) is 30.5 Å². The molecule has 0 aliphatic heterocycles. The zero-order chi connectivity index (χ0) is 17.0. The van der Waals surface area contributed by atoms with E-state index in [4.69, 9.17) is 4.42 Å². The Morgan fingerprint density at radius 3 is 2.79 bits per heavy atom. The summed E-state index contributed by atoms with van der Waals surface area (Å²) < 4.78 is 5.50. The van der Waals surface area contributed by atoms with E-state index < -0.39 is 0 Å². The molecule has 1 aromatic heterocycles. The molecule has 1 fully saturated rings. The Hall–Kier alpha value is -2.27. The second kappa shape index (κ2) is 7.09. The van der Waals surface area contributed by atoms with Crippen LogP contribution in [0.2, 0.25) is 0 Å². The minimum absolute atomic E-state index is 0.0180. The number of rotatable bonds is 5. The van der Waals surface area contributed by atoms with Crippen LogP contribution >= 0.6 is 0 Å². The fraction of sp³-hybridized carbons (Fsp3) is 0.421. The predicted molar refractivity (Wildman–Crippen MR) is 91.5 cm³/mol. The maximum Gasteiger partial charge on any atom is 0.315 e. The van der Waals surface area contributed by atoms with Crippen LogP contribution < -0.4 is 10.6 Å². The molecule has 1 aromatic carbocycles. The van der Waals surface area contributed by atoms with E-state index in [0.717, 1.165) is 24.8 Å². The molecule has 128 valence electrons. The molecule has 5 heteroatoms. The van der Waals surface area contributed by atoms with Crippen molar-refractivity contribution in [1.82, 2.24) is 10.6 Å². The van der Waals surface area contributed by atoms with Crippen LogP contribution in [0.15, 0.2) is 53.1 Å². The third-order valence-corrected chi connectivity index (χ3v) is 4.98. The Morgan fingerprint density at radius 1 is 1.33 bits per heavy atom. The number of hydrogen-bond donors (Lipinski definition) is 3. The van der Waals surface area contributed by atoms with Crippen LogP contribution in [0.25, 0.3) is 0 Å². The number of nitrogens with one attached hydrogen (secondary N) is 2. The van der Waals surface area contributed by atoms with Gasteiger partial charge in [-0.25, -0.2) is 4.79 Å². The van der Waals surface area contributed by atoms with Gasteiger partial charge in [-0.2, -0.15) is 0 Å². The highest BCUT2D eigenvalue weighted by Crippen LogP contribution is 2.37. The molecule has 24 heavy (non-hydrogen) atoms. The lowest BCUT2D eigenvalue weighted by atomic mass is 9.86. The summed E-state index contributed by atoms with van der Waals surface area (Å²) in [6.07, 6.45) is 4.43. The van der Waals surface area contributed by atoms with Crippen LogP contribution in [0.3, 0.4) is 0 Å². The summed E-state index contributed by atoms with van der Waals surface area (Å²) >= 11 is 0. The van der Waals surface area contributed by atoms with Crippen molar-refractivity contribution in [3.63, 3.8) is 0 Å². The lowest BCUT2D eigenvalue weighted by Gasteiger charge is -2.30. The molecular formula is C19H24N2O3. The van der Waals surface area contributed by atoms with E-state index >= 15 is 0 Å². The second-order valence-corrected chi connectivity index (χ2v) is 6.73. The van der Waals surface area contributed by atoms with Gasteiger partial charge in [-0.15, -0.1) is 0 Å². The molecule has 3 N–H and O–H groups in total. The third-order valence-electron chi connectivity index (χ3n) is 4.98. The van der Waals surface area contributed by atoms with Gasteiger partial charge in [0.2, 0.25) is 0 Å². The molecule has 3 unspecified atom stereocenters. The van der Waals surface area contributed by atoms with Crippen LogP contribution in [0.1, 0.15) is 43.6 Å². The SMILES string of the molecule is CC1(CO)CCCC1NC(=O)NC(c1ccccc1)c1ccco1. The van der Waals surface area contributed by atoms with Crippen molar-refractivity contribution in [2.24, 2.45) is 5.41 Å². The average Bonchev–Trinajstić information content (AvgIpc) is 3.25. The van der Waals surface area contributed by atoms with Crippen molar-refractivity contribution in [3.8, 4) is 0 Å². The fourth-order valence-electron chi connectivity index (χ4n) is 3.42. The van der Waals surface area contributed by atoms with Gasteiger partial charge in [-0.3, -0.25) is 0 Å². The molecule has 0 saturated heterocycles. The Bertz CT molecular complexity index is 657. The molecule has 3 rings (SSSR count). The molecule has 1 saturated carbocycles. The van der Waals surface area contributed by atoms with E-state index in [-0.39, 0.29) is 30.1 Å². The third kappa shape index (κ3) is 3.46. The van der Waals surface area contributed by atoms with Gasteiger partial charge in [0.15, 0.2) is 0 Å². The maximum absolute atomic E-state index is 12.5. The lowest BCUT2D eigenvalue weighted by Crippen LogP contribution is -2.49. The highest BCUT2D eigenvalue weighted by atomic mass is 16.3. The number of carbonyl (C=O) groups is 1. The van der Waals surface area contributed by atoms with E-state index in [2.05, 4.69) is 10.6 Å². The topological polar surface area (TPSA) is 74.5 Å². The van der Waals surface area contributed by atoms with Gasteiger partial charge in [0.05, 0.1) is 12.9 Å². The van der Waals surface area contributed by atoms with E-state index in [0.29, 0.717) is 5.76 Å². The van der Waals surface area contributed by atoms with Crippen LogP contribution in [-0.2, 0) is 0 Å². The van der Waals surface area contributed by atoms with Crippen molar-refractivity contribution >= 4 is 6.03 Å². The Labute approximate surface area is 142 Å². The van der Waals surface area contributed by atoms with Crippen molar-refractivity contribution in [2.75, 3.05) is 6.61 Å². The predicted octanol–water partition coefficient (Wildman–Crippen LogP) is 3.22. The molecule has 3 atom stereocenters. The number of carbonyl (C=O) groups excluding carboxylic acids is 1. The normalized spacial score (nSPS) is 24.5. The Balaban J connectivity index is 1.72. The highest BCUT2D eigenvalue weighted by molar-refractivity contribution is 5.75. The molecule has 2 amide bonds. The average molecular weight is 328 g/mol. The van der Waals surface area contributed by atoms with E-state index in [1.807, 2.05) is 49.4 Å².